The molecular formula is C18H24N4O2. The Balaban J connectivity index is 1.53. The normalized spacial score (nSPS) is 17.0. The number of benzene rings is 1. The average molecular weight is 328 g/mol. The van der Waals surface area contributed by atoms with Gasteiger partial charge in [0.1, 0.15) is 0 Å². The number of aliphatic hydroxyl groups is 1. The molecule has 0 bridgehead atoms. The highest BCUT2D eigenvalue weighted by Crippen LogP contribution is 2.15. The number of aromatic nitrogens is 2. The van der Waals surface area contributed by atoms with E-state index in [0.717, 1.165) is 24.3 Å². The van der Waals surface area contributed by atoms with Crippen molar-refractivity contribution in [2.45, 2.75) is 13.0 Å². The molecule has 2 aromatic rings. The predicted molar refractivity (Wildman–Crippen MR) is 91.7 cm³/mol. The van der Waals surface area contributed by atoms with Crippen LogP contribution < -0.4 is 0 Å². The maximum atomic E-state index is 12.5. The van der Waals surface area contributed by atoms with Gasteiger partial charge in [0.2, 0.25) is 0 Å². The van der Waals surface area contributed by atoms with Crippen LogP contribution in [0.5, 0.6) is 0 Å². The molecule has 3 rings (SSSR count). The number of hydrogen-bond donors (Lipinski definition) is 1. The fraction of sp³-hybridized carbons (Fsp3) is 0.444. The number of aliphatic hydroxyl groups excluding tert-OH is 1. The molecule has 1 atom stereocenters. The van der Waals surface area contributed by atoms with Crippen LogP contribution >= 0.6 is 0 Å². The molecule has 1 fully saturated rings. The van der Waals surface area contributed by atoms with Crippen molar-refractivity contribution in [1.82, 2.24) is 19.6 Å². The lowest BCUT2D eigenvalue weighted by Crippen LogP contribution is -2.49. The van der Waals surface area contributed by atoms with Gasteiger partial charge < -0.3 is 10.0 Å². The fourth-order valence-electron chi connectivity index (χ4n) is 2.99. The molecule has 1 unspecified atom stereocenters. The third kappa shape index (κ3) is 3.66. The van der Waals surface area contributed by atoms with Crippen molar-refractivity contribution in [3.63, 3.8) is 0 Å². The largest absolute Gasteiger partial charge is 0.387 e. The molecule has 0 radical (unpaired) electrons. The molecule has 6 nitrogen and oxygen atoms in total. The number of piperazine rings is 1. The van der Waals surface area contributed by atoms with E-state index in [2.05, 4.69) is 10.00 Å². The van der Waals surface area contributed by atoms with Gasteiger partial charge in [-0.15, -0.1) is 0 Å². The quantitative estimate of drug-likeness (QED) is 0.917. The summed E-state index contributed by atoms with van der Waals surface area (Å²) >= 11 is 0. The van der Waals surface area contributed by atoms with Gasteiger partial charge in [-0.3, -0.25) is 14.4 Å². The molecule has 128 valence electrons. The van der Waals surface area contributed by atoms with Crippen LogP contribution in [0.3, 0.4) is 0 Å². The minimum Gasteiger partial charge on any atom is -0.387 e. The SMILES string of the molecule is Cc1cc(C(=O)N2CCN(CC(O)c3ccccc3)CC2)nn1C. The minimum atomic E-state index is -0.494. The van der Waals surface area contributed by atoms with Crippen molar-refractivity contribution in [2.24, 2.45) is 7.05 Å². The van der Waals surface area contributed by atoms with Crippen LogP contribution in [-0.2, 0) is 7.05 Å². The van der Waals surface area contributed by atoms with E-state index >= 15 is 0 Å². The van der Waals surface area contributed by atoms with Crippen molar-refractivity contribution in [1.29, 1.82) is 0 Å². The molecule has 1 aliphatic rings. The number of amides is 1. The van der Waals surface area contributed by atoms with Crippen molar-refractivity contribution in [3.05, 3.63) is 53.3 Å². The monoisotopic (exact) mass is 328 g/mol. The zero-order chi connectivity index (χ0) is 17.1. The Kier molecular flexibility index (Phi) is 4.97. The summed E-state index contributed by atoms with van der Waals surface area (Å²) in [4.78, 5) is 16.5. The van der Waals surface area contributed by atoms with Crippen LogP contribution in [0.4, 0.5) is 0 Å². The molecule has 0 aliphatic carbocycles. The Morgan fingerprint density at radius 1 is 1.21 bits per heavy atom. The van der Waals surface area contributed by atoms with E-state index in [9.17, 15) is 9.90 Å². The Labute approximate surface area is 142 Å². The summed E-state index contributed by atoms with van der Waals surface area (Å²) in [5.41, 5.74) is 2.41. The van der Waals surface area contributed by atoms with E-state index in [1.807, 2.05) is 55.3 Å². The van der Waals surface area contributed by atoms with E-state index in [1.165, 1.54) is 0 Å². The highest BCUT2D eigenvalue weighted by molar-refractivity contribution is 5.92. The first-order valence-electron chi connectivity index (χ1n) is 8.30. The summed E-state index contributed by atoms with van der Waals surface area (Å²) in [6.07, 6.45) is -0.494. The Morgan fingerprint density at radius 2 is 1.88 bits per heavy atom. The van der Waals surface area contributed by atoms with Crippen molar-refractivity contribution < 1.29 is 9.90 Å². The van der Waals surface area contributed by atoms with E-state index in [0.29, 0.717) is 25.3 Å². The molecule has 2 heterocycles. The van der Waals surface area contributed by atoms with E-state index < -0.39 is 6.10 Å². The van der Waals surface area contributed by atoms with Crippen molar-refractivity contribution in [2.75, 3.05) is 32.7 Å². The number of nitrogens with zero attached hydrogens (tertiary/aromatic N) is 4. The average Bonchev–Trinajstić information content (AvgIpc) is 2.95. The van der Waals surface area contributed by atoms with Gasteiger partial charge in [0, 0.05) is 45.5 Å². The molecule has 0 spiro atoms. The van der Waals surface area contributed by atoms with Crippen LogP contribution in [0, 0.1) is 6.92 Å². The van der Waals surface area contributed by atoms with Gasteiger partial charge in [-0.25, -0.2) is 0 Å². The molecule has 1 aromatic carbocycles. The number of carbonyl (C=O) groups excluding carboxylic acids is 1. The Morgan fingerprint density at radius 3 is 2.46 bits per heavy atom. The standard InChI is InChI=1S/C18H24N4O2/c1-14-12-16(19-20(14)2)18(24)22-10-8-21(9-11-22)13-17(23)15-6-4-3-5-7-15/h3-7,12,17,23H,8-11,13H2,1-2H3. The Hall–Kier alpha value is -2.18. The zero-order valence-corrected chi connectivity index (χ0v) is 14.2. The van der Waals surface area contributed by atoms with Crippen LogP contribution in [0.2, 0.25) is 0 Å². The summed E-state index contributed by atoms with van der Waals surface area (Å²) in [5.74, 6) is -0.0121. The van der Waals surface area contributed by atoms with Crippen LogP contribution in [-0.4, -0.2) is 63.3 Å². The zero-order valence-electron chi connectivity index (χ0n) is 14.2. The third-order valence-electron chi connectivity index (χ3n) is 4.61. The van der Waals surface area contributed by atoms with Gasteiger partial charge >= 0.3 is 0 Å². The lowest BCUT2D eigenvalue weighted by molar-refractivity contribution is 0.0522. The molecule has 1 N–H and O–H groups in total. The van der Waals surface area contributed by atoms with E-state index in [-0.39, 0.29) is 5.91 Å². The van der Waals surface area contributed by atoms with Crippen molar-refractivity contribution in [3.8, 4) is 0 Å². The van der Waals surface area contributed by atoms with Gasteiger partial charge in [-0.05, 0) is 18.6 Å². The maximum Gasteiger partial charge on any atom is 0.274 e. The second kappa shape index (κ2) is 7.15. The number of aryl methyl sites for hydroxylation is 2. The first-order valence-corrected chi connectivity index (χ1v) is 8.30. The van der Waals surface area contributed by atoms with Crippen LogP contribution in [0.25, 0.3) is 0 Å². The second-order valence-electron chi connectivity index (χ2n) is 6.31. The number of carbonyl (C=O) groups is 1. The van der Waals surface area contributed by atoms with Gasteiger partial charge in [-0.1, -0.05) is 30.3 Å². The molecule has 1 amide bonds. The van der Waals surface area contributed by atoms with Crippen LogP contribution in [0.15, 0.2) is 36.4 Å². The summed E-state index contributed by atoms with van der Waals surface area (Å²) in [6.45, 7) is 5.39. The smallest absolute Gasteiger partial charge is 0.274 e. The number of hydrogen-bond acceptors (Lipinski definition) is 4. The summed E-state index contributed by atoms with van der Waals surface area (Å²) in [7, 11) is 1.84. The topological polar surface area (TPSA) is 61.6 Å². The fourth-order valence-corrected chi connectivity index (χ4v) is 2.99. The highest BCUT2D eigenvalue weighted by atomic mass is 16.3. The molecule has 1 aliphatic heterocycles. The summed E-state index contributed by atoms with van der Waals surface area (Å²) < 4.78 is 1.72. The molecular weight excluding hydrogens is 304 g/mol. The molecule has 1 saturated heterocycles. The molecule has 0 saturated carbocycles. The van der Waals surface area contributed by atoms with Crippen LogP contribution in [0.1, 0.15) is 27.8 Å². The molecule has 6 heteroatoms. The lowest BCUT2D eigenvalue weighted by atomic mass is 10.1. The van der Waals surface area contributed by atoms with Gasteiger partial charge in [-0.2, -0.15) is 5.10 Å². The lowest BCUT2D eigenvalue weighted by Gasteiger charge is -2.35. The van der Waals surface area contributed by atoms with E-state index in [4.69, 9.17) is 0 Å². The first-order chi connectivity index (χ1) is 11.5. The summed E-state index contributed by atoms with van der Waals surface area (Å²) in [5, 5.41) is 14.6. The first kappa shape index (κ1) is 16.7. The van der Waals surface area contributed by atoms with Gasteiger partial charge in [0.05, 0.1) is 6.10 Å². The molecule has 1 aromatic heterocycles. The second-order valence-corrected chi connectivity index (χ2v) is 6.31. The highest BCUT2D eigenvalue weighted by Gasteiger charge is 2.25. The van der Waals surface area contributed by atoms with E-state index in [1.54, 1.807) is 4.68 Å². The summed E-state index contributed by atoms with van der Waals surface area (Å²) in [6, 6.07) is 11.5. The maximum absolute atomic E-state index is 12.5. The molecule has 24 heavy (non-hydrogen) atoms. The van der Waals surface area contributed by atoms with Gasteiger partial charge in [0.15, 0.2) is 5.69 Å². The predicted octanol–water partition coefficient (Wildman–Crippen LogP) is 1.22. The number of β-amino-alcohol motifs (C(OH)–C–C–N with tert-alkyl or cyclic N) is 1. The minimum absolute atomic E-state index is 0.0121. The number of rotatable bonds is 4. The third-order valence-corrected chi connectivity index (χ3v) is 4.61. The van der Waals surface area contributed by atoms with Gasteiger partial charge in [0.25, 0.3) is 5.91 Å². The van der Waals surface area contributed by atoms with Crippen molar-refractivity contribution >= 4 is 5.91 Å². The Bertz CT molecular complexity index is 671.